The zero-order valence-electron chi connectivity index (χ0n) is 12.9. The van der Waals surface area contributed by atoms with E-state index in [2.05, 4.69) is 28.9 Å². The highest BCUT2D eigenvalue weighted by molar-refractivity contribution is 5.98. The van der Waals surface area contributed by atoms with Gasteiger partial charge in [-0.15, -0.1) is 0 Å². The number of nitrogens with zero attached hydrogens (tertiary/aromatic N) is 3. The highest BCUT2D eigenvalue weighted by Gasteiger charge is 2.37. The Kier molecular flexibility index (Phi) is 3.89. The van der Waals surface area contributed by atoms with E-state index in [9.17, 15) is 4.79 Å². The second-order valence-corrected chi connectivity index (χ2v) is 6.31. The summed E-state index contributed by atoms with van der Waals surface area (Å²) in [4.78, 5) is 17.2. The summed E-state index contributed by atoms with van der Waals surface area (Å²) >= 11 is 0. The minimum Gasteiger partial charge on any atom is -0.395 e. The Labute approximate surface area is 125 Å². The first kappa shape index (κ1) is 14.4. The van der Waals surface area contributed by atoms with Gasteiger partial charge in [0.05, 0.1) is 11.4 Å². The Morgan fingerprint density at radius 2 is 2.29 bits per heavy atom. The summed E-state index contributed by atoms with van der Waals surface area (Å²) < 4.78 is 0. The van der Waals surface area contributed by atoms with Crippen molar-refractivity contribution < 1.29 is 4.79 Å². The van der Waals surface area contributed by atoms with Gasteiger partial charge >= 0.3 is 0 Å². The fourth-order valence-corrected chi connectivity index (χ4v) is 3.60. The average Bonchev–Trinajstić information content (AvgIpc) is 3.05. The summed E-state index contributed by atoms with van der Waals surface area (Å²) in [5.74, 6) is -0.0230. The maximum Gasteiger partial charge on any atom is 0.276 e. The van der Waals surface area contributed by atoms with Crippen LogP contribution in [-0.2, 0) is 6.42 Å². The van der Waals surface area contributed by atoms with E-state index in [1.807, 2.05) is 4.90 Å². The summed E-state index contributed by atoms with van der Waals surface area (Å²) in [6.45, 7) is 7.13. The van der Waals surface area contributed by atoms with Gasteiger partial charge in [-0.25, -0.2) is 0 Å². The molecule has 0 bridgehead atoms. The number of carbonyl (C=O) groups excluding carboxylic acids is 1. The fourth-order valence-electron chi connectivity index (χ4n) is 3.60. The molecule has 2 unspecified atom stereocenters. The number of nitrogen functional groups attached to an aromatic ring is 1. The quantitative estimate of drug-likeness (QED) is 0.878. The van der Waals surface area contributed by atoms with E-state index in [1.54, 1.807) is 0 Å². The van der Waals surface area contributed by atoms with Gasteiger partial charge in [-0.05, 0) is 32.7 Å². The van der Waals surface area contributed by atoms with Crippen LogP contribution >= 0.6 is 0 Å². The van der Waals surface area contributed by atoms with Crippen LogP contribution in [-0.4, -0.2) is 57.6 Å². The number of fused-ring (bicyclic) bond motifs is 1. The molecule has 2 fully saturated rings. The van der Waals surface area contributed by atoms with E-state index in [0.717, 1.165) is 31.6 Å². The molecule has 1 aromatic heterocycles. The Balaban J connectivity index is 1.78. The number of hydrogen-bond acceptors (Lipinski definition) is 4. The molecule has 6 heteroatoms. The van der Waals surface area contributed by atoms with Crippen molar-refractivity contribution in [1.82, 2.24) is 20.0 Å². The lowest BCUT2D eigenvalue weighted by molar-refractivity contribution is 0.0391. The molecule has 21 heavy (non-hydrogen) atoms. The fraction of sp³-hybridized carbons (Fsp3) is 0.733. The molecule has 2 saturated heterocycles. The minimum absolute atomic E-state index is 0.0230. The van der Waals surface area contributed by atoms with Gasteiger partial charge in [-0.1, -0.05) is 13.3 Å². The molecule has 0 aliphatic carbocycles. The van der Waals surface area contributed by atoms with Crippen LogP contribution in [0, 0.1) is 0 Å². The normalized spacial score (nSPS) is 26.1. The lowest BCUT2D eigenvalue weighted by Crippen LogP contribution is -2.56. The van der Waals surface area contributed by atoms with Gasteiger partial charge in [0.25, 0.3) is 5.91 Å². The van der Waals surface area contributed by atoms with E-state index in [-0.39, 0.29) is 11.9 Å². The largest absolute Gasteiger partial charge is 0.395 e. The summed E-state index contributed by atoms with van der Waals surface area (Å²) in [5, 5.41) is 7.10. The van der Waals surface area contributed by atoms with Crippen LogP contribution in [0.1, 0.15) is 49.3 Å². The number of anilines is 1. The molecule has 3 rings (SSSR count). The van der Waals surface area contributed by atoms with Gasteiger partial charge < -0.3 is 10.6 Å². The first-order valence-corrected chi connectivity index (χ1v) is 7.99. The number of nitrogens with one attached hydrogen (secondary N) is 1. The molecule has 116 valence electrons. The Hall–Kier alpha value is -1.56. The Morgan fingerprint density at radius 3 is 3.05 bits per heavy atom. The van der Waals surface area contributed by atoms with Crippen LogP contribution in [0.3, 0.4) is 0 Å². The molecule has 0 radical (unpaired) electrons. The van der Waals surface area contributed by atoms with Crippen LogP contribution < -0.4 is 5.73 Å². The predicted molar refractivity (Wildman–Crippen MR) is 82.1 cm³/mol. The number of nitrogens with two attached hydrogens (primary N) is 1. The lowest BCUT2D eigenvalue weighted by atomic mass is 10.1. The summed E-state index contributed by atoms with van der Waals surface area (Å²) in [6, 6.07) is 0.734. The molecular weight excluding hydrogens is 266 g/mol. The maximum atomic E-state index is 12.8. The number of aromatic amines is 1. The molecule has 1 amide bonds. The van der Waals surface area contributed by atoms with Gasteiger partial charge in [0.2, 0.25) is 0 Å². The van der Waals surface area contributed by atoms with Crippen LogP contribution in [0.5, 0.6) is 0 Å². The van der Waals surface area contributed by atoms with Crippen LogP contribution in [0.4, 0.5) is 5.69 Å². The third-order valence-electron chi connectivity index (χ3n) is 4.78. The number of H-pyrrole nitrogens is 1. The smallest absolute Gasteiger partial charge is 0.276 e. The highest BCUT2D eigenvalue weighted by Crippen LogP contribution is 2.27. The molecule has 2 atom stereocenters. The third-order valence-corrected chi connectivity index (χ3v) is 4.78. The van der Waals surface area contributed by atoms with E-state index in [4.69, 9.17) is 5.73 Å². The van der Waals surface area contributed by atoms with Crippen molar-refractivity contribution in [2.24, 2.45) is 0 Å². The monoisotopic (exact) mass is 291 g/mol. The number of hydrogen-bond donors (Lipinski definition) is 2. The first-order chi connectivity index (χ1) is 10.1. The summed E-state index contributed by atoms with van der Waals surface area (Å²) in [5.41, 5.74) is 7.91. The van der Waals surface area contributed by atoms with Gasteiger partial charge in [0.1, 0.15) is 0 Å². The first-order valence-electron chi connectivity index (χ1n) is 7.99. The Morgan fingerprint density at radius 1 is 1.48 bits per heavy atom. The topological polar surface area (TPSA) is 78.2 Å². The molecule has 0 saturated carbocycles. The zero-order valence-corrected chi connectivity index (χ0v) is 12.9. The molecule has 6 nitrogen and oxygen atoms in total. The Bertz CT molecular complexity index is 526. The van der Waals surface area contributed by atoms with Crippen LogP contribution in [0.15, 0.2) is 0 Å². The van der Waals surface area contributed by atoms with Crippen LogP contribution in [0.2, 0.25) is 0 Å². The van der Waals surface area contributed by atoms with E-state index in [1.165, 1.54) is 19.4 Å². The van der Waals surface area contributed by atoms with E-state index in [0.29, 0.717) is 17.4 Å². The molecule has 3 heterocycles. The minimum atomic E-state index is -0.0230. The number of amides is 1. The van der Waals surface area contributed by atoms with Crippen molar-refractivity contribution in [3.05, 3.63) is 11.4 Å². The molecule has 0 aromatic carbocycles. The number of piperazine rings is 1. The summed E-state index contributed by atoms with van der Waals surface area (Å²) in [7, 11) is 0. The van der Waals surface area contributed by atoms with Crippen molar-refractivity contribution in [2.45, 2.75) is 51.6 Å². The van der Waals surface area contributed by atoms with E-state index >= 15 is 0 Å². The molecule has 0 spiro atoms. The number of carbonyl (C=O) groups is 1. The highest BCUT2D eigenvalue weighted by atomic mass is 16.2. The standard InChI is InChI=1S/C15H25N5O/c1-3-5-12-13(16)14(18-17-12)15(21)20-9-11-6-4-7-19(11)8-10(20)2/h10-11H,3-9,16H2,1-2H3,(H,17,18). The lowest BCUT2D eigenvalue weighted by Gasteiger charge is -2.42. The number of aryl methyl sites for hydroxylation is 1. The molecular formula is C15H25N5O. The van der Waals surface area contributed by atoms with Crippen molar-refractivity contribution >= 4 is 11.6 Å². The van der Waals surface area contributed by atoms with Gasteiger partial charge in [0, 0.05) is 25.2 Å². The van der Waals surface area contributed by atoms with Crippen molar-refractivity contribution in [1.29, 1.82) is 0 Å². The van der Waals surface area contributed by atoms with Crippen molar-refractivity contribution in [3.63, 3.8) is 0 Å². The SMILES string of the molecule is CCCc1[nH]nc(C(=O)N2CC3CCCN3CC2C)c1N. The molecule has 2 aliphatic rings. The maximum absolute atomic E-state index is 12.8. The summed E-state index contributed by atoms with van der Waals surface area (Å²) in [6.07, 6.45) is 4.24. The average molecular weight is 291 g/mol. The number of aromatic nitrogens is 2. The van der Waals surface area contributed by atoms with Crippen molar-refractivity contribution in [2.75, 3.05) is 25.4 Å². The molecule has 3 N–H and O–H groups in total. The zero-order chi connectivity index (χ0) is 15.0. The van der Waals surface area contributed by atoms with Gasteiger partial charge in [-0.3, -0.25) is 14.8 Å². The second kappa shape index (κ2) is 5.67. The van der Waals surface area contributed by atoms with Crippen molar-refractivity contribution in [3.8, 4) is 0 Å². The van der Waals surface area contributed by atoms with E-state index < -0.39 is 0 Å². The second-order valence-electron chi connectivity index (χ2n) is 6.31. The molecule has 1 aromatic rings. The molecule has 2 aliphatic heterocycles. The third kappa shape index (κ3) is 2.52. The number of rotatable bonds is 3. The van der Waals surface area contributed by atoms with Gasteiger partial charge in [0.15, 0.2) is 5.69 Å². The predicted octanol–water partition coefficient (Wildman–Crippen LogP) is 1.25. The van der Waals surface area contributed by atoms with Gasteiger partial charge in [-0.2, -0.15) is 5.10 Å². The van der Waals surface area contributed by atoms with Crippen LogP contribution in [0.25, 0.3) is 0 Å².